The van der Waals surface area contributed by atoms with Crippen molar-refractivity contribution in [1.82, 2.24) is 0 Å². The van der Waals surface area contributed by atoms with Crippen molar-refractivity contribution < 1.29 is 13.5 Å². The second-order valence-electron chi connectivity index (χ2n) is 4.10. The summed E-state index contributed by atoms with van der Waals surface area (Å²) in [5, 5.41) is 8.90. The molecule has 0 fully saturated rings. The maximum atomic E-state index is 13.7. The fraction of sp³-hybridized carbons (Fsp3) is 0. The number of rotatable bonds is 3. The molecule has 0 bridgehead atoms. The fourth-order valence-electron chi connectivity index (χ4n) is 1.72. The molecular weight excluding hydrogens is 276 g/mol. The van der Waals surface area contributed by atoms with E-state index < -0.39 is 22.9 Å². The molecular formula is C15H11F2N3O. The maximum Gasteiger partial charge on any atom is 0.183 e. The van der Waals surface area contributed by atoms with Gasteiger partial charge in [-0.05, 0) is 42.6 Å². The van der Waals surface area contributed by atoms with Gasteiger partial charge in [0, 0.05) is 11.3 Å². The Morgan fingerprint density at radius 2 is 1.86 bits per heavy atom. The Balaban J connectivity index is 2.46. The molecule has 2 aromatic rings. The standard InChI is InChI=1S/C15H11F2N3O/c16-12-2-3-13(17)15(11(12)8-19)21-10-1-4-14(20)9(7-10)5-6-18/h1-7H,18,20H2/b6-5-. The minimum absolute atomic E-state index is 0.207. The third-order valence-corrected chi connectivity index (χ3v) is 2.72. The lowest BCUT2D eigenvalue weighted by molar-refractivity contribution is 0.434. The summed E-state index contributed by atoms with van der Waals surface area (Å²) in [6.07, 6.45) is 2.83. The number of halogens is 2. The fourth-order valence-corrected chi connectivity index (χ4v) is 1.72. The van der Waals surface area contributed by atoms with E-state index in [-0.39, 0.29) is 5.75 Å². The van der Waals surface area contributed by atoms with Crippen LogP contribution in [0.4, 0.5) is 14.5 Å². The average Bonchev–Trinajstić information content (AvgIpc) is 2.47. The van der Waals surface area contributed by atoms with E-state index >= 15 is 0 Å². The number of nitrogens with two attached hydrogens (primary N) is 2. The van der Waals surface area contributed by atoms with E-state index in [9.17, 15) is 8.78 Å². The van der Waals surface area contributed by atoms with Gasteiger partial charge in [-0.1, -0.05) is 0 Å². The molecule has 0 aliphatic heterocycles. The predicted octanol–water partition coefficient (Wildman–Crippen LogP) is 3.14. The van der Waals surface area contributed by atoms with Crippen molar-refractivity contribution >= 4 is 11.8 Å². The van der Waals surface area contributed by atoms with Crippen molar-refractivity contribution in [2.24, 2.45) is 5.73 Å². The zero-order chi connectivity index (χ0) is 15.4. The molecule has 0 amide bonds. The number of nitrogens with zero attached hydrogens (tertiary/aromatic N) is 1. The van der Waals surface area contributed by atoms with Crippen molar-refractivity contribution in [3.63, 3.8) is 0 Å². The summed E-state index contributed by atoms with van der Waals surface area (Å²) in [7, 11) is 0. The van der Waals surface area contributed by atoms with Gasteiger partial charge in [-0.3, -0.25) is 0 Å². The minimum atomic E-state index is -0.855. The van der Waals surface area contributed by atoms with Crippen molar-refractivity contribution in [2.75, 3.05) is 5.73 Å². The summed E-state index contributed by atoms with van der Waals surface area (Å²) < 4.78 is 32.5. The van der Waals surface area contributed by atoms with Crippen LogP contribution in [0, 0.1) is 23.0 Å². The highest BCUT2D eigenvalue weighted by atomic mass is 19.1. The first kappa shape index (κ1) is 14.3. The second kappa shape index (κ2) is 5.92. The van der Waals surface area contributed by atoms with Crippen LogP contribution in [-0.2, 0) is 0 Å². The third kappa shape index (κ3) is 2.92. The highest BCUT2D eigenvalue weighted by Gasteiger charge is 2.16. The van der Waals surface area contributed by atoms with Crippen molar-refractivity contribution in [3.8, 4) is 17.6 Å². The largest absolute Gasteiger partial charge is 0.453 e. The molecule has 0 aliphatic rings. The van der Waals surface area contributed by atoms with Gasteiger partial charge in [0.25, 0.3) is 0 Å². The Bertz CT molecular complexity index is 751. The molecule has 4 nitrogen and oxygen atoms in total. The van der Waals surface area contributed by atoms with Gasteiger partial charge >= 0.3 is 0 Å². The normalized spacial score (nSPS) is 10.5. The molecule has 106 valence electrons. The number of hydrogen-bond donors (Lipinski definition) is 2. The molecule has 2 aromatic carbocycles. The summed E-state index contributed by atoms with van der Waals surface area (Å²) in [5.74, 6) is -1.95. The second-order valence-corrected chi connectivity index (χ2v) is 4.10. The molecule has 0 aliphatic carbocycles. The topological polar surface area (TPSA) is 85.1 Å². The Kier molecular flexibility index (Phi) is 4.05. The first-order valence-electron chi connectivity index (χ1n) is 5.90. The highest BCUT2D eigenvalue weighted by Crippen LogP contribution is 2.31. The summed E-state index contributed by atoms with van der Waals surface area (Å²) in [5.41, 5.74) is 11.5. The van der Waals surface area contributed by atoms with Gasteiger partial charge in [0.15, 0.2) is 11.6 Å². The van der Waals surface area contributed by atoms with Gasteiger partial charge in [0.1, 0.15) is 23.2 Å². The highest BCUT2D eigenvalue weighted by molar-refractivity contribution is 5.66. The Morgan fingerprint density at radius 3 is 2.52 bits per heavy atom. The number of hydrogen-bond acceptors (Lipinski definition) is 4. The van der Waals surface area contributed by atoms with E-state index in [4.69, 9.17) is 21.5 Å². The van der Waals surface area contributed by atoms with Gasteiger partial charge in [0.05, 0.1) is 0 Å². The van der Waals surface area contributed by atoms with Crippen molar-refractivity contribution in [3.05, 3.63) is 59.3 Å². The molecule has 6 heteroatoms. The first-order valence-corrected chi connectivity index (χ1v) is 5.90. The van der Waals surface area contributed by atoms with Gasteiger partial charge in [-0.15, -0.1) is 0 Å². The molecule has 21 heavy (non-hydrogen) atoms. The number of ether oxygens (including phenoxy) is 1. The van der Waals surface area contributed by atoms with Crippen molar-refractivity contribution in [1.29, 1.82) is 5.26 Å². The van der Waals surface area contributed by atoms with Crippen LogP contribution in [0.1, 0.15) is 11.1 Å². The molecule has 0 atom stereocenters. The van der Waals surface area contributed by atoms with Crippen LogP contribution >= 0.6 is 0 Å². The van der Waals surface area contributed by atoms with Crippen LogP contribution in [0.3, 0.4) is 0 Å². The van der Waals surface area contributed by atoms with Crippen LogP contribution in [0.5, 0.6) is 11.5 Å². The molecule has 0 aromatic heterocycles. The maximum absolute atomic E-state index is 13.7. The van der Waals surface area contributed by atoms with Gasteiger partial charge < -0.3 is 16.2 Å². The van der Waals surface area contributed by atoms with E-state index in [1.807, 2.05) is 0 Å². The monoisotopic (exact) mass is 287 g/mol. The lowest BCUT2D eigenvalue weighted by Gasteiger charge is -2.10. The Labute approximate surface area is 119 Å². The number of nitriles is 1. The van der Waals surface area contributed by atoms with Crippen LogP contribution in [0.2, 0.25) is 0 Å². The molecule has 0 heterocycles. The minimum Gasteiger partial charge on any atom is -0.453 e. The number of nitrogen functional groups attached to an aromatic ring is 1. The van der Waals surface area contributed by atoms with Crippen LogP contribution in [0.25, 0.3) is 6.08 Å². The Hall–Kier alpha value is -3.07. The molecule has 0 spiro atoms. The molecule has 0 unspecified atom stereocenters. The molecule has 4 N–H and O–H groups in total. The lowest BCUT2D eigenvalue weighted by Crippen LogP contribution is -1.97. The molecule has 0 saturated carbocycles. The zero-order valence-electron chi connectivity index (χ0n) is 10.8. The smallest absolute Gasteiger partial charge is 0.183 e. The lowest BCUT2D eigenvalue weighted by atomic mass is 10.1. The van der Waals surface area contributed by atoms with E-state index in [1.165, 1.54) is 30.5 Å². The van der Waals surface area contributed by atoms with E-state index in [1.54, 1.807) is 6.07 Å². The number of anilines is 1. The summed E-state index contributed by atoms with van der Waals surface area (Å²) >= 11 is 0. The van der Waals surface area contributed by atoms with E-state index in [0.717, 1.165) is 12.1 Å². The molecule has 0 saturated heterocycles. The Morgan fingerprint density at radius 1 is 1.14 bits per heavy atom. The SMILES string of the molecule is N#Cc1c(F)ccc(F)c1Oc1ccc(N)c(/C=C\N)c1. The molecule has 0 radical (unpaired) electrons. The van der Waals surface area contributed by atoms with E-state index in [2.05, 4.69) is 0 Å². The summed E-state index contributed by atoms with van der Waals surface area (Å²) in [6.45, 7) is 0. The van der Waals surface area contributed by atoms with Gasteiger partial charge in [0.2, 0.25) is 0 Å². The van der Waals surface area contributed by atoms with Gasteiger partial charge in [-0.2, -0.15) is 5.26 Å². The zero-order valence-corrected chi connectivity index (χ0v) is 10.8. The van der Waals surface area contributed by atoms with E-state index in [0.29, 0.717) is 11.3 Å². The van der Waals surface area contributed by atoms with Crippen molar-refractivity contribution in [2.45, 2.75) is 0 Å². The third-order valence-electron chi connectivity index (χ3n) is 2.72. The summed E-state index contributed by atoms with van der Waals surface area (Å²) in [6, 6.07) is 7.86. The van der Waals surface area contributed by atoms with Crippen LogP contribution < -0.4 is 16.2 Å². The summed E-state index contributed by atoms with van der Waals surface area (Å²) in [4.78, 5) is 0. The quantitative estimate of drug-likeness (QED) is 0.849. The van der Waals surface area contributed by atoms with Gasteiger partial charge in [-0.25, -0.2) is 8.78 Å². The number of benzene rings is 2. The van der Waals surface area contributed by atoms with Crippen LogP contribution in [-0.4, -0.2) is 0 Å². The first-order chi connectivity index (χ1) is 10.1. The predicted molar refractivity (Wildman–Crippen MR) is 75.2 cm³/mol. The van der Waals surface area contributed by atoms with Crippen LogP contribution in [0.15, 0.2) is 36.5 Å². The average molecular weight is 287 g/mol. The molecule has 2 rings (SSSR count).